The number of aromatic nitrogens is 4. The average molecular weight is 185 g/mol. The molecule has 0 amide bonds. The Bertz CT molecular complexity index is 394. The van der Waals surface area contributed by atoms with Crippen molar-refractivity contribution in [2.24, 2.45) is 7.05 Å². The summed E-state index contributed by atoms with van der Waals surface area (Å²) in [7, 11) is 1.79. The predicted molar refractivity (Wildman–Crippen MR) is 41.5 cm³/mol. The molecule has 0 fully saturated rings. The van der Waals surface area contributed by atoms with Gasteiger partial charge in [-0.25, -0.2) is 0 Å². The molecule has 0 N–H and O–H groups in total. The highest BCUT2D eigenvalue weighted by Crippen LogP contribution is 2.15. The average Bonchev–Trinajstić information content (AvgIpc) is 2.58. The van der Waals surface area contributed by atoms with Gasteiger partial charge in [-0.1, -0.05) is 5.16 Å². The monoisotopic (exact) mass is 184 g/mol. The zero-order valence-electron chi connectivity index (χ0n) is 6.23. The molecule has 2 rings (SSSR count). The van der Waals surface area contributed by atoms with E-state index in [0.29, 0.717) is 5.82 Å². The lowest BCUT2D eigenvalue weighted by atomic mass is 10.4. The Balaban J connectivity index is 2.50. The first kappa shape index (κ1) is 7.30. The van der Waals surface area contributed by atoms with Crippen LogP contribution in [0.25, 0.3) is 11.5 Å². The largest absolute Gasteiger partial charge is 0.321 e. The maximum absolute atomic E-state index is 5.46. The van der Waals surface area contributed by atoms with E-state index < -0.39 is 0 Å². The topological polar surface area (TPSA) is 56.7 Å². The van der Waals surface area contributed by atoms with Crippen molar-refractivity contribution in [3.8, 4) is 11.5 Å². The van der Waals surface area contributed by atoms with Crippen molar-refractivity contribution in [1.82, 2.24) is 19.9 Å². The standard InChI is InChI=1S/C6H5ClN4O/c1-11-4(2-3-8-11)5-9-6(7)12-10-5/h2-3H,1H3. The molecule has 0 spiro atoms. The fourth-order valence-corrected chi connectivity index (χ4v) is 1.02. The van der Waals surface area contributed by atoms with Crippen molar-refractivity contribution in [3.05, 3.63) is 17.6 Å². The number of halogens is 1. The molecule has 0 aromatic carbocycles. The highest BCUT2D eigenvalue weighted by Gasteiger charge is 2.09. The first-order chi connectivity index (χ1) is 5.77. The van der Waals surface area contributed by atoms with Crippen molar-refractivity contribution >= 4 is 11.6 Å². The summed E-state index contributed by atoms with van der Waals surface area (Å²) in [6, 6.07) is 1.78. The summed E-state index contributed by atoms with van der Waals surface area (Å²) in [5.41, 5.74) is 0.769. The lowest BCUT2D eigenvalue weighted by Gasteiger charge is -1.92. The van der Waals surface area contributed by atoms with Crippen LogP contribution >= 0.6 is 11.6 Å². The van der Waals surface area contributed by atoms with Crippen molar-refractivity contribution in [2.45, 2.75) is 0 Å². The van der Waals surface area contributed by atoms with Gasteiger partial charge in [0.15, 0.2) is 0 Å². The third kappa shape index (κ3) is 1.08. The minimum Gasteiger partial charge on any atom is -0.321 e. The van der Waals surface area contributed by atoms with E-state index in [1.165, 1.54) is 0 Å². The van der Waals surface area contributed by atoms with E-state index in [-0.39, 0.29) is 5.35 Å². The molecule has 0 unspecified atom stereocenters. The number of nitrogens with zero attached hydrogens (tertiary/aromatic N) is 4. The van der Waals surface area contributed by atoms with Crippen LogP contribution in [0.1, 0.15) is 0 Å². The van der Waals surface area contributed by atoms with E-state index in [1.54, 1.807) is 24.0 Å². The van der Waals surface area contributed by atoms with Gasteiger partial charge < -0.3 is 4.52 Å². The summed E-state index contributed by atoms with van der Waals surface area (Å²) in [6.45, 7) is 0. The summed E-state index contributed by atoms with van der Waals surface area (Å²) in [5, 5.41) is 7.63. The fourth-order valence-electron chi connectivity index (χ4n) is 0.902. The minimum atomic E-state index is 0.0335. The highest BCUT2D eigenvalue weighted by atomic mass is 35.5. The number of aryl methyl sites for hydroxylation is 1. The van der Waals surface area contributed by atoms with Crippen LogP contribution in [0.15, 0.2) is 16.8 Å². The molecule has 2 aromatic heterocycles. The molecule has 0 aliphatic heterocycles. The maximum Gasteiger partial charge on any atom is 0.320 e. The second kappa shape index (κ2) is 2.60. The Morgan fingerprint density at radius 3 is 2.92 bits per heavy atom. The van der Waals surface area contributed by atoms with Gasteiger partial charge in [-0.2, -0.15) is 10.1 Å². The molecular weight excluding hydrogens is 180 g/mol. The zero-order chi connectivity index (χ0) is 8.55. The second-order valence-corrected chi connectivity index (χ2v) is 2.53. The Hall–Kier alpha value is -1.36. The third-order valence-corrected chi connectivity index (χ3v) is 1.60. The van der Waals surface area contributed by atoms with Gasteiger partial charge in [-0.05, 0) is 17.7 Å². The van der Waals surface area contributed by atoms with Crippen LogP contribution in [-0.4, -0.2) is 19.9 Å². The Morgan fingerprint density at radius 2 is 2.42 bits per heavy atom. The van der Waals surface area contributed by atoms with E-state index in [1.807, 2.05) is 0 Å². The van der Waals surface area contributed by atoms with Gasteiger partial charge in [0.2, 0.25) is 5.82 Å². The summed E-state index contributed by atoms with van der Waals surface area (Å²) in [4.78, 5) is 3.84. The smallest absolute Gasteiger partial charge is 0.320 e. The molecular formula is C6H5ClN4O. The van der Waals surface area contributed by atoms with Gasteiger partial charge in [0.1, 0.15) is 5.69 Å². The van der Waals surface area contributed by atoms with Crippen molar-refractivity contribution in [2.75, 3.05) is 0 Å². The van der Waals surface area contributed by atoms with Crippen LogP contribution in [-0.2, 0) is 7.05 Å². The van der Waals surface area contributed by atoms with Gasteiger partial charge in [0.25, 0.3) is 0 Å². The molecule has 2 aromatic rings. The van der Waals surface area contributed by atoms with Crippen molar-refractivity contribution < 1.29 is 4.52 Å². The molecule has 0 saturated heterocycles. The van der Waals surface area contributed by atoms with Crippen LogP contribution in [0.3, 0.4) is 0 Å². The number of hydrogen-bond donors (Lipinski definition) is 0. The van der Waals surface area contributed by atoms with Crippen LogP contribution in [0, 0.1) is 0 Å². The fraction of sp³-hybridized carbons (Fsp3) is 0.167. The predicted octanol–water partition coefficient (Wildman–Crippen LogP) is 1.12. The van der Waals surface area contributed by atoms with E-state index in [0.717, 1.165) is 5.69 Å². The Morgan fingerprint density at radius 1 is 1.58 bits per heavy atom. The summed E-state index contributed by atoms with van der Waals surface area (Å²) >= 11 is 5.46. The SMILES string of the molecule is Cn1nccc1-c1noc(Cl)n1. The highest BCUT2D eigenvalue weighted by molar-refractivity contribution is 6.27. The first-order valence-corrected chi connectivity index (χ1v) is 3.63. The van der Waals surface area contributed by atoms with E-state index in [2.05, 4.69) is 19.8 Å². The molecule has 6 heteroatoms. The molecule has 0 aliphatic rings. The molecule has 2 heterocycles. The molecule has 0 bridgehead atoms. The molecule has 0 atom stereocenters. The summed E-state index contributed by atoms with van der Waals surface area (Å²) in [6.07, 6.45) is 1.65. The van der Waals surface area contributed by atoms with Crippen LogP contribution in [0.2, 0.25) is 5.35 Å². The van der Waals surface area contributed by atoms with Gasteiger partial charge in [0.05, 0.1) is 0 Å². The molecule has 12 heavy (non-hydrogen) atoms. The quantitative estimate of drug-likeness (QED) is 0.667. The lowest BCUT2D eigenvalue weighted by molar-refractivity contribution is 0.420. The van der Waals surface area contributed by atoms with Crippen LogP contribution in [0.4, 0.5) is 0 Å². The minimum absolute atomic E-state index is 0.0335. The maximum atomic E-state index is 5.46. The third-order valence-electron chi connectivity index (χ3n) is 1.45. The lowest BCUT2D eigenvalue weighted by Crippen LogP contribution is -1.94. The van der Waals surface area contributed by atoms with Crippen LogP contribution in [0.5, 0.6) is 0 Å². The van der Waals surface area contributed by atoms with Gasteiger partial charge >= 0.3 is 5.35 Å². The normalized spacial score (nSPS) is 10.5. The zero-order valence-corrected chi connectivity index (χ0v) is 6.99. The van der Waals surface area contributed by atoms with E-state index in [4.69, 9.17) is 11.6 Å². The first-order valence-electron chi connectivity index (χ1n) is 3.25. The van der Waals surface area contributed by atoms with Gasteiger partial charge in [-0.3, -0.25) is 4.68 Å². The second-order valence-electron chi connectivity index (χ2n) is 2.21. The number of hydrogen-bond acceptors (Lipinski definition) is 4. The van der Waals surface area contributed by atoms with Crippen molar-refractivity contribution in [3.63, 3.8) is 0 Å². The number of rotatable bonds is 1. The Kier molecular flexibility index (Phi) is 1.58. The molecule has 0 radical (unpaired) electrons. The molecule has 0 aliphatic carbocycles. The van der Waals surface area contributed by atoms with Gasteiger partial charge in [-0.15, -0.1) is 0 Å². The van der Waals surface area contributed by atoms with E-state index in [9.17, 15) is 0 Å². The van der Waals surface area contributed by atoms with Crippen molar-refractivity contribution in [1.29, 1.82) is 0 Å². The summed E-state index contributed by atoms with van der Waals surface area (Å²) in [5.74, 6) is 0.444. The Labute approximate surface area is 72.9 Å². The van der Waals surface area contributed by atoms with Gasteiger partial charge in [0, 0.05) is 13.2 Å². The summed E-state index contributed by atoms with van der Waals surface area (Å²) < 4.78 is 6.25. The molecule has 62 valence electrons. The molecule has 0 saturated carbocycles. The van der Waals surface area contributed by atoms with E-state index >= 15 is 0 Å². The molecule has 5 nitrogen and oxygen atoms in total. The van der Waals surface area contributed by atoms with Crippen LogP contribution < -0.4 is 0 Å².